The van der Waals surface area contributed by atoms with Crippen LogP contribution in [0.5, 0.6) is 5.75 Å². The van der Waals surface area contributed by atoms with Crippen LogP contribution in [0.15, 0.2) is 48.5 Å². The Morgan fingerprint density at radius 3 is 2.41 bits per heavy atom. The van der Waals surface area contributed by atoms with Crippen LogP contribution in [0.4, 0.5) is 4.39 Å². The third-order valence-corrected chi connectivity index (χ3v) is 2.92. The molecule has 0 saturated carbocycles. The third-order valence-electron chi connectivity index (χ3n) is 2.92. The van der Waals surface area contributed by atoms with Crippen LogP contribution in [0.3, 0.4) is 0 Å². The van der Waals surface area contributed by atoms with E-state index in [4.69, 9.17) is 14.7 Å². The third kappa shape index (κ3) is 4.32. The molecular weight excluding hydrogens is 285 g/mol. The Bertz CT molecular complexity index is 675. The van der Waals surface area contributed by atoms with Gasteiger partial charge in [0.2, 0.25) is 0 Å². The van der Waals surface area contributed by atoms with Crippen molar-refractivity contribution in [3.05, 3.63) is 65.5 Å². The number of halogens is 1. The van der Waals surface area contributed by atoms with E-state index in [-0.39, 0.29) is 12.4 Å². The SMILES string of the molecule is CC(Oc1ccc(F)cc1)C(=O)OCc1ccc(C#N)cc1. The highest BCUT2D eigenvalue weighted by Gasteiger charge is 2.16. The molecular formula is C17H14FNO3. The number of nitriles is 1. The number of hydrogen-bond acceptors (Lipinski definition) is 4. The van der Waals surface area contributed by atoms with Gasteiger partial charge in [0.05, 0.1) is 11.6 Å². The van der Waals surface area contributed by atoms with Gasteiger partial charge >= 0.3 is 5.97 Å². The summed E-state index contributed by atoms with van der Waals surface area (Å²) in [6.07, 6.45) is -0.802. The molecule has 1 atom stereocenters. The summed E-state index contributed by atoms with van der Waals surface area (Å²) < 4.78 is 23.3. The van der Waals surface area contributed by atoms with Crippen LogP contribution in [-0.4, -0.2) is 12.1 Å². The summed E-state index contributed by atoms with van der Waals surface area (Å²) in [6.45, 7) is 1.66. The highest BCUT2D eigenvalue weighted by atomic mass is 19.1. The number of carbonyl (C=O) groups excluding carboxylic acids is 1. The van der Waals surface area contributed by atoms with Gasteiger partial charge in [0.15, 0.2) is 6.10 Å². The van der Waals surface area contributed by atoms with E-state index in [0.717, 1.165) is 5.56 Å². The first-order valence-corrected chi connectivity index (χ1v) is 6.66. The lowest BCUT2D eigenvalue weighted by Crippen LogP contribution is -2.26. The van der Waals surface area contributed by atoms with E-state index in [1.54, 1.807) is 31.2 Å². The summed E-state index contributed by atoms with van der Waals surface area (Å²) in [7, 11) is 0. The first kappa shape index (κ1) is 15.5. The molecule has 0 N–H and O–H groups in total. The molecule has 2 rings (SSSR count). The summed E-state index contributed by atoms with van der Waals surface area (Å²) in [5, 5.41) is 8.70. The number of nitrogens with zero attached hydrogens (tertiary/aromatic N) is 1. The summed E-state index contributed by atoms with van der Waals surface area (Å²) in [5.41, 5.74) is 1.32. The Morgan fingerprint density at radius 2 is 1.82 bits per heavy atom. The molecule has 1 unspecified atom stereocenters. The Hall–Kier alpha value is -2.87. The molecule has 2 aromatic rings. The molecule has 0 fully saturated rings. The van der Waals surface area contributed by atoms with Crippen molar-refractivity contribution in [3.8, 4) is 11.8 Å². The van der Waals surface area contributed by atoms with Crippen molar-refractivity contribution in [3.63, 3.8) is 0 Å². The molecule has 0 saturated heterocycles. The number of benzene rings is 2. The van der Waals surface area contributed by atoms with E-state index >= 15 is 0 Å². The maximum absolute atomic E-state index is 12.8. The van der Waals surface area contributed by atoms with Crippen molar-refractivity contribution in [2.75, 3.05) is 0 Å². The zero-order valence-electron chi connectivity index (χ0n) is 12.0. The van der Waals surface area contributed by atoms with Crippen LogP contribution in [0, 0.1) is 17.1 Å². The number of ether oxygens (including phenoxy) is 2. The highest BCUT2D eigenvalue weighted by molar-refractivity contribution is 5.74. The van der Waals surface area contributed by atoms with E-state index in [0.29, 0.717) is 11.3 Å². The zero-order chi connectivity index (χ0) is 15.9. The predicted octanol–water partition coefficient (Wildman–Crippen LogP) is 3.21. The molecule has 2 aromatic carbocycles. The molecule has 0 aliphatic heterocycles. The molecule has 0 bridgehead atoms. The van der Waals surface area contributed by atoms with Gasteiger partial charge in [-0.1, -0.05) is 12.1 Å². The minimum Gasteiger partial charge on any atom is -0.479 e. The number of esters is 1. The van der Waals surface area contributed by atoms with E-state index < -0.39 is 12.1 Å². The highest BCUT2D eigenvalue weighted by Crippen LogP contribution is 2.14. The van der Waals surface area contributed by atoms with Gasteiger partial charge in [-0.25, -0.2) is 9.18 Å². The van der Waals surface area contributed by atoms with Crippen molar-refractivity contribution in [1.82, 2.24) is 0 Å². The smallest absolute Gasteiger partial charge is 0.347 e. The molecule has 0 heterocycles. The van der Waals surface area contributed by atoms with Gasteiger partial charge in [-0.2, -0.15) is 5.26 Å². The first-order chi connectivity index (χ1) is 10.6. The minimum absolute atomic E-state index is 0.0989. The maximum atomic E-state index is 12.8. The van der Waals surface area contributed by atoms with Crippen LogP contribution in [0.25, 0.3) is 0 Å². The molecule has 112 valence electrons. The summed E-state index contributed by atoms with van der Waals surface area (Å²) in [6, 6.07) is 14.2. The van der Waals surface area contributed by atoms with Crippen molar-refractivity contribution in [2.24, 2.45) is 0 Å². The topological polar surface area (TPSA) is 59.3 Å². The largest absolute Gasteiger partial charge is 0.479 e. The van der Waals surface area contributed by atoms with E-state index in [1.165, 1.54) is 24.3 Å². The first-order valence-electron chi connectivity index (χ1n) is 6.66. The average molecular weight is 299 g/mol. The Balaban J connectivity index is 1.85. The lowest BCUT2D eigenvalue weighted by atomic mass is 10.2. The fraction of sp³-hybridized carbons (Fsp3) is 0.176. The standard InChI is InChI=1S/C17H14FNO3/c1-12(22-16-8-6-15(18)7-9-16)17(20)21-11-14-4-2-13(10-19)3-5-14/h2-9,12H,11H2,1H3. The fourth-order valence-corrected chi connectivity index (χ4v) is 1.71. The predicted molar refractivity (Wildman–Crippen MR) is 77.4 cm³/mol. The second-order valence-corrected chi connectivity index (χ2v) is 4.63. The molecule has 0 amide bonds. The van der Waals surface area contributed by atoms with Crippen LogP contribution < -0.4 is 4.74 Å². The molecule has 0 aromatic heterocycles. The molecule has 22 heavy (non-hydrogen) atoms. The molecule has 0 spiro atoms. The second kappa shape index (κ2) is 7.23. The van der Waals surface area contributed by atoms with E-state index in [9.17, 15) is 9.18 Å². The lowest BCUT2D eigenvalue weighted by Gasteiger charge is -2.14. The Labute approximate surface area is 127 Å². The summed E-state index contributed by atoms with van der Waals surface area (Å²) >= 11 is 0. The van der Waals surface area contributed by atoms with Crippen molar-refractivity contribution >= 4 is 5.97 Å². The van der Waals surface area contributed by atoms with Crippen LogP contribution in [0.2, 0.25) is 0 Å². The molecule has 4 nitrogen and oxygen atoms in total. The fourth-order valence-electron chi connectivity index (χ4n) is 1.71. The van der Waals surface area contributed by atoms with E-state index in [1.807, 2.05) is 6.07 Å². The quantitative estimate of drug-likeness (QED) is 0.795. The molecule has 0 aliphatic carbocycles. The van der Waals surface area contributed by atoms with Gasteiger partial charge in [0, 0.05) is 0 Å². The normalized spacial score (nSPS) is 11.3. The second-order valence-electron chi connectivity index (χ2n) is 4.63. The lowest BCUT2D eigenvalue weighted by molar-refractivity contribution is -0.152. The van der Waals surface area contributed by atoms with Crippen molar-refractivity contribution in [2.45, 2.75) is 19.6 Å². The van der Waals surface area contributed by atoms with Crippen molar-refractivity contribution < 1.29 is 18.7 Å². The van der Waals surface area contributed by atoms with Crippen LogP contribution in [0.1, 0.15) is 18.1 Å². The number of rotatable bonds is 5. The van der Waals surface area contributed by atoms with Gasteiger partial charge in [0.1, 0.15) is 18.2 Å². The zero-order valence-corrected chi connectivity index (χ0v) is 12.0. The summed E-state index contributed by atoms with van der Waals surface area (Å²) in [5.74, 6) is -0.499. The summed E-state index contributed by atoms with van der Waals surface area (Å²) in [4.78, 5) is 11.8. The molecule has 0 aliphatic rings. The van der Waals surface area contributed by atoms with Crippen molar-refractivity contribution in [1.29, 1.82) is 5.26 Å². The Morgan fingerprint density at radius 1 is 1.18 bits per heavy atom. The average Bonchev–Trinajstić information content (AvgIpc) is 2.55. The van der Waals surface area contributed by atoms with Gasteiger partial charge in [-0.15, -0.1) is 0 Å². The van der Waals surface area contributed by atoms with Gasteiger partial charge in [-0.3, -0.25) is 0 Å². The molecule has 0 radical (unpaired) electrons. The Kier molecular flexibility index (Phi) is 5.10. The number of carbonyl (C=O) groups is 1. The minimum atomic E-state index is -0.802. The monoisotopic (exact) mass is 299 g/mol. The van der Waals surface area contributed by atoms with Gasteiger partial charge in [0.25, 0.3) is 0 Å². The van der Waals surface area contributed by atoms with Gasteiger partial charge in [-0.05, 0) is 48.9 Å². The van der Waals surface area contributed by atoms with Crippen LogP contribution >= 0.6 is 0 Å². The van der Waals surface area contributed by atoms with E-state index in [2.05, 4.69) is 0 Å². The maximum Gasteiger partial charge on any atom is 0.347 e. The van der Waals surface area contributed by atoms with Crippen LogP contribution in [-0.2, 0) is 16.1 Å². The van der Waals surface area contributed by atoms with Gasteiger partial charge < -0.3 is 9.47 Å². The molecule has 5 heteroatoms. The number of hydrogen-bond donors (Lipinski definition) is 0.